The molecule has 10 heteroatoms. The van der Waals surface area contributed by atoms with E-state index < -0.39 is 5.82 Å². The monoisotopic (exact) mass is 599 g/mol. The second-order valence-electron chi connectivity index (χ2n) is 11.9. The van der Waals surface area contributed by atoms with Gasteiger partial charge in [0.2, 0.25) is 0 Å². The Labute approximate surface area is 253 Å². The van der Waals surface area contributed by atoms with Crippen molar-refractivity contribution in [3.05, 3.63) is 64.7 Å². The fraction of sp³-hybridized carbons (Fsp3) is 0.364. The minimum atomic E-state index is -0.620. The molecular formula is C33H31ClFN5O3. The van der Waals surface area contributed by atoms with Gasteiger partial charge in [-0.25, -0.2) is 4.39 Å². The van der Waals surface area contributed by atoms with Crippen molar-refractivity contribution < 1.29 is 19.0 Å². The summed E-state index contributed by atoms with van der Waals surface area (Å²) < 4.78 is 30.9. The quantitative estimate of drug-likeness (QED) is 0.242. The Hall–Kier alpha value is -3.79. The molecule has 3 aliphatic heterocycles. The summed E-state index contributed by atoms with van der Waals surface area (Å²) in [7, 11) is 0. The third kappa shape index (κ3) is 4.28. The van der Waals surface area contributed by atoms with Crippen molar-refractivity contribution in [2.24, 2.45) is 0 Å². The summed E-state index contributed by atoms with van der Waals surface area (Å²) in [5.41, 5.74) is 3.83. The fourth-order valence-corrected chi connectivity index (χ4v) is 7.55. The van der Waals surface area contributed by atoms with E-state index in [1.807, 2.05) is 31.2 Å². The Bertz CT molecular complexity index is 1920. The highest BCUT2D eigenvalue weighted by molar-refractivity contribution is 6.37. The maximum Gasteiger partial charge on any atom is 0.317 e. The molecular weight excluding hydrogens is 569 g/mol. The molecule has 0 spiro atoms. The van der Waals surface area contributed by atoms with Crippen LogP contribution in [-0.4, -0.2) is 61.4 Å². The van der Waals surface area contributed by atoms with Gasteiger partial charge in [-0.1, -0.05) is 23.7 Å². The van der Waals surface area contributed by atoms with E-state index in [9.17, 15) is 5.11 Å². The topological polar surface area (TPSA) is 85.5 Å². The van der Waals surface area contributed by atoms with Gasteiger partial charge in [0.25, 0.3) is 0 Å². The molecule has 0 unspecified atom stereocenters. The first-order valence-electron chi connectivity index (χ1n) is 14.8. The number of nitrogens with zero attached hydrogens (tertiary/aromatic N) is 5. The largest absolute Gasteiger partial charge is 0.508 e. The number of hydrogen-bond acceptors (Lipinski definition) is 7. The van der Waals surface area contributed by atoms with Crippen LogP contribution in [0.25, 0.3) is 44.3 Å². The Morgan fingerprint density at radius 2 is 1.91 bits per heavy atom. The van der Waals surface area contributed by atoms with Gasteiger partial charge in [-0.05, 0) is 80.9 Å². The molecule has 0 aliphatic carbocycles. The summed E-state index contributed by atoms with van der Waals surface area (Å²) in [6, 6.07) is 11.0. The number of halogens is 2. The third-order valence-electron chi connectivity index (χ3n) is 9.45. The van der Waals surface area contributed by atoms with Crippen molar-refractivity contribution in [2.75, 3.05) is 26.3 Å². The lowest BCUT2D eigenvalue weighted by atomic mass is 9.95. The Balaban J connectivity index is 1.32. The van der Waals surface area contributed by atoms with Crippen molar-refractivity contribution >= 4 is 33.3 Å². The molecule has 220 valence electrons. The molecule has 8 nitrogen and oxygen atoms in total. The zero-order chi connectivity index (χ0) is 29.3. The van der Waals surface area contributed by atoms with E-state index in [4.69, 9.17) is 26.1 Å². The summed E-state index contributed by atoms with van der Waals surface area (Å²) in [5.74, 6) is -0.624. The van der Waals surface area contributed by atoms with E-state index in [1.54, 1.807) is 12.3 Å². The standard InChI is InChI=1S/C33H31ClFN5O3/c1-19-4-5-20-14-22(41)15-23(26(20)27(19)34)30-28(35)31-24(16-36-30)29(25-7-6-21-17-42-13-12-40(21)25)37-32(38-31)43-18-33-8-2-10-39(33)11-3-9-33/h4-7,14-16,41H,2-3,8-13,17-18H2,1H3. The average Bonchev–Trinajstić information content (AvgIpc) is 3.72. The van der Waals surface area contributed by atoms with Crippen LogP contribution in [0, 0.1) is 12.7 Å². The van der Waals surface area contributed by atoms with Crippen LogP contribution < -0.4 is 4.74 Å². The molecule has 1 N–H and O–H groups in total. The van der Waals surface area contributed by atoms with Gasteiger partial charge in [0.05, 0.1) is 29.5 Å². The first-order chi connectivity index (χ1) is 20.9. The number of phenols is 1. The molecule has 0 atom stereocenters. The number of aromatic nitrogens is 4. The van der Waals surface area contributed by atoms with Crippen LogP contribution in [0.5, 0.6) is 11.8 Å². The zero-order valence-electron chi connectivity index (χ0n) is 23.9. The summed E-state index contributed by atoms with van der Waals surface area (Å²) in [6.45, 7) is 6.27. The predicted molar refractivity (Wildman–Crippen MR) is 163 cm³/mol. The van der Waals surface area contributed by atoms with Crippen molar-refractivity contribution in [1.82, 2.24) is 24.4 Å². The molecule has 2 fully saturated rings. The molecule has 0 amide bonds. The number of aryl methyl sites for hydroxylation is 1. The minimum absolute atomic E-state index is 0.00455. The highest BCUT2D eigenvalue weighted by Crippen LogP contribution is 2.42. The predicted octanol–water partition coefficient (Wildman–Crippen LogP) is 6.66. The van der Waals surface area contributed by atoms with Gasteiger partial charge in [-0.15, -0.1) is 0 Å². The Morgan fingerprint density at radius 1 is 1.07 bits per heavy atom. The molecule has 8 rings (SSSR count). The van der Waals surface area contributed by atoms with Crippen LogP contribution >= 0.6 is 11.6 Å². The lowest BCUT2D eigenvalue weighted by molar-refractivity contribution is 0.0855. The lowest BCUT2D eigenvalue weighted by Gasteiger charge is -2.31. The van der Waals surface area contributed by atoms with E-state index in [0.717, 1.165) is 55.7 Å². The molecule has 2 aromatic carbocycles. The number of hydrogen-bond donors (Lipinski definition) is 1. The number of benzene rings is 2. The molecule has 2 saturated heterocycles. The number of pyridine rings is 1. The lowest BCUT2D eigenvalue weighted by Crippen LogP contribution is -2.43. The van der Waals surface area contributed by atoms with Crippen molar-refractivity contribution in [3.63, 3.8) is 0 Å². The molecule has 3 aliphatic rings. The van der Waals surface area contributed by atoms with Gasteiger partial charge in [-0.3, -0.25) is 9.88 Å². The van der Waals surface area contributed by atoms with Gasteiger partial charge >= 0.3 is 6.01 Å². The second-order valence-corrected chi connectivity index (χ2v) is 12.3. The molecule has 0 bridgehead atoms. The van der Waals surface area contributed by atoms with Crippen LogP contribution in [0.4, 0.5) is 4.39 Å². The second kappa shape index (κ2) is 10.1. The molecule has 0 saturated carbocycles. The van der Waals surface area contributed by atoms with Gasteiger partial charge < -0.3 is 19.1 Å². The van der Waals surface area contributed by atoms with E-state index in [2.05, 4.69) is 19.4 Å². The fourth-order valence-electron chi connectivity index (χ4n) is 7.28. The van der Waals surface area contributed by atoms with Crippen molar-refractivity contribution in [1.29, 1.82) is 0 Å². The first-order valence-corrected chi connectivity index (χ1v) is 15.2. The van der Waals surface area contributed by atoms with E-state index in [-0.39, 0.29) is 28.5 Å². The normalized spacial score (nSPS) is 17.9. The highest BCUT2D eigenvalue weighted by Gasteiger charge is 2.45. The SMILES string of the molecule is Cc1ccc2cc(O)cc(-c3ncc4c(-c5ccc6n5CCOC6)nc(OCC56CCCN5CCC6)nc4c3F)c2c1Cl. The molecule has 43 heavy (non-hydrogen) atoms. The molecule has 3 aromatic heterocycles. The van der Waals surface area contributed by atoms with E-state index in [0.29, 0.717) is 58.8 Å². The molecule has 5 aromatic rings. The minimum Gasteiger partial charge on any atom is -0.508 e. The maximum absolute atomic E-state index is 16.8. The smallest absolute Gasteiger partial charge is 0.317 e. The van der Waals surface area contributed by atoms with Gasteiger partial charge in [-0.2, -0.15) is 9.97 Å². The van der Waals surface area contributed by atoms with Gasteiger partial charge in [0.15, 0.2) is 5.82 Å². The Kier molecular flexibility index (Phi) is 6.33. The average molecular weight is 600 g/mol. The number of phenolic OH excluding ortho intramolecular Hbond substituents is 1. The number of fused-ring (bicyclic) bond motifs is 4. The Morgan fingerprint density at radius 3 is 2.74 bits per heavy atom. The summed E-state index contributed by atoms with van der Waals surface area (Å²) in [4.78, 5) is 16.6. The van der Waals surface area contributed by atoms with E-state index >= 15 is 4.39 Å². The summed E-state index contributed by atoms with van der Waals surface area (Å²) in [6.07, 6.45) is 6.06. The first kappa shape index (κ1) is 26.8. The number of ether oxygens (including phenoxy) is 2. The maximum atomic E-state index is 16.8. The summed E-state index contributed by atoms with van der Waals surface area (Å²) >= 11 is 6.74. The van der Waals surface area contributed by atoms with Crippen molar-refractivity contribution in [3.8, 4) is 34.4 Å². The summed E-state index contributed by atoms with van der Waals surface area (Å²) in [5, 5.41) is 12.8. The highest BCUT2D eigenvalue weighted by atomic mass is 35.5. The zero-order valence-corrected chi connectivity index (χ0v) is 24.6. The van der Waals surface area contributed by atoms with Crippen LogP contribution in [0.1, 0.15) is 36.9 Å². The van der Waals surface area contributed by atoms with Crippen LogP contribution in [0.3, 0.4) is 0 Å². The van der Waals surface area contributed by atoms with Crippen molar-refractivity contribution in [2.45, 2.75) is 51.3 Å². The third-order valence-corrected chi connectivity index (χ3v) is 9.94. The number of rotatable bonds is 5. The number of aromatic hydroxyl groups is 1. The van der Waals surface area contributed by atoms with Gasteiger partial charge in [0, 0.05) is 34.8 Å². The van der Waals surface area contributed by atoms with E-state index in [1.165, 1.54) is 6.07 Å². The van der Waals surface area contributed by atoms with Gasteiger partial charge in [0.1, 0.15) is 29.3 Å². The van der Waals surface area contributed by atoms with Crippen LogP contribution in [0.15, 0.2) is 42.6 Å². The van der Waals surface area contributed by atoms with Crippen LogP contribution in [-0.2, 0) is 17.9 Å². The molecule has 6 heterocycles. The molecule has 0 radical (unpaired) electrons. The van der Waals surface area contributed by atoms with Crippen LogP contribution in [0.2, 0.25) is 5.02 Å².